The molecule has 0 fully saturated rings. The molecule has 0 spiro atoms. The molecule has 0 saturated carbocycles. The van der Waals surface area contributed by atoms with Gasteiger partial charge in [-0.15, -0.1) is 0 Å². The van der Waals surface area contributed by atoms with Crippen molar-refractivity contribution in [3.05, 3.63) is 87.9 Å². The number of nitrogens with one attached hydrogen (secondary N) is 1. The summed E-state index contributed by atoms with van der Waals surface area (Å²) in [5.41, 5.74) is 3.38. The first kappa shape index (κ1) is 20.6. The third-order valence-corrected chi connectivity index (χ3v) is 5.18. The van der Waals surface area contributed by atoms with Gasteiger partial charge in [-0.3, -0.25) is 14.4 Å². The average Bonchev–Trinajstić information content (AvgIpc) is 2.98. The molecule has 1 aliphatic heterocycles. The molecule has 0 bridgehead atoms. The summed E-state index contributed by atoms with van der Waals surface area (Å²) < 4.78 is 5.60. The minimum atomic E-state index is -0.393. The molecular formula is C24H19ClN2O4. The highest BCUT2D eigenvalue weighted by atomic mass is 35.5. The van der Waals surface area contributed by atoms with Crippen LogP contribution in [0.4, 0.5) is 11.4 Å². The summed E-state index contributed by atoms with van der Waals surface area (Å²) >= 11 is 6.21. The van der Waals surface area contributed by atoms with Crippen LogP contribution in [0.1, 0.15) is 31.8 Å². The number of ether oxygens (including phenoxy) is 1. The van der Waals surface area contributed by atoms with Crippen LogP contribution in [-0.2, 0) is 4.79 Å². The van der Waals surface area contributed by atoms with Crippen LogP contribution in [0.15, 0.2) is 60.7 Å². The zero-order valence-corrected chi connectivity index (χ0v) is 17.7. The molecule has 1 aliphatic rings. The number of hydrogen-bond acceptors (Lipinski definition) is 4. The van der Waals surface area contributed by atoms with E-state index in [1.54, 1.807) is 54.6 Å². The average molecular weight is 435 g/mol. The van der Waals surface area contributed by atoms with E-state index in [0.29, 0.717) is 33.3 Å². The minimum absolute atomic E-state index is 0.235. The van der Waals surface area contributed by atoms with E-state index < -0.39 is 17.7 Å². The Morgan fingerprint density at radius 3 is 2.29 bits per heavy atom. The summed E-state index contributed by atoms with van der Waals surface area (Å²) in [6.45, 7) is 3.55. The molecular weight excluding hydrogens is 416 g/mol. The lowest BCUT2D eigenvalue weighted by atomic mass is 10.1. The quantitative estimate of drug-likeness (QED) is 0.586. The molecule has 1 N–H and O–H groups in total. The fourth-order valence-electron chi connectivity index (χ4n) is 3.57. The Hall–Kier alpha value is -3.64. The molecule has 31 heavy (non-hydrogen) atoms. The number of benzene rings is 3. The van der Waals surface area contributed by atoms with Crippen molar-refractivity contribution < 1.29 is 19.1 Å². The second-order valence-corrected chi connectivity index (χ2v) is 7.68. The maximum Gasteiger partial charge on any atom is 0.266 e. The van der Waals surface area contributed by atoms with Crippen LogP contribution < -0.4 is 15.0 Å². The molecule has 0 radical (unpaired) electrons. The van der Waals surface area contributed by atoms with Crippen LogP contribution in [0, 0.1) is 13.8 Å². The molecule has 3 amide bonds. The number of imide groups is 1. The first-order chi connectivity index (χ1) is 14.8. The monoisotopic (exact) mass is 434 g/mol. The van der Waals surface area contributed by atoms with E-state index in [2.05, 4.69) is 5.32 Å². The lowest BCUT2D eigenvalue weighted by Crippen LogP contribution is -2.29. The van der Waals surface area contributed by atoms with Crippen molar-refractivity contribution in [2.75, 3.05) is 16.8 Å². The van der Waals surface area contributed by atoms with E-state index in [0.717, 1.165) is 16.0 Å². The van der Waals surface area contributed by atoms with E-state index in [1.807, 2.05) is 19.9 Å². The number of aryl methyl sites for hydroxylation is 2. The molecule has 3 aromatic rings. The van der Waals surface area contributed by atoms with Crippen LogP contribution in [-0.4, -0.2) is 24.3 Å². The highest BCUT2D eigenvalue weighted by Crippen LogP contribution is 2.31. The van der Waals surface area contributed by atoms with Crippen molar-refractivity contribution >= 4 is 40.7 Å². The molecule has 0 unspecified atom stereocenters. The minimum Gasteiger partial charge on any atom is -0.482 e. The molecule has 156 valence electrons. The molecule has 0 aromatic heterocycles. The molecule has 4 rings (SSSR count). The van der Waals surface area contributed by atoms with Crippen molar-refractivity contribution in [3.8, 4) is 5.75 Å². The van der Waals surface area contributed by atoms with Gasteiger partial charge < -0.3 is 10.1 Å². The predicted molar refractivity (Wildman–Crippen MR) is 119 cm³/mol. The summed E-state index contributed by atoms with van der Waals surface area (Å²) in [5.74, 6) is -0.716. The Labute approximate surface area is 184 Å². The number of hydrogen-bond donors (Lipinski definition) is 1. The Morgan fingerprint density at radius 1 is 0.968 bits per heavy atom. The van der Waals surface area contributed by atoms with Crippen LogP contribution in [0.2, 0.25) is 5.02 Å². The van der Waals surface area contributed by atoms with Crippen LogP contribution in [0.5, 0.6) is 5.75 Å². The smallest absolute Gasteiger partial charge is 0.266 e. The second-order valence-electron chi connectivity index (χ2n) is 7.27. The first-order valence-electron chi connectivity index (χ1n) is 9.62. The molecule has 0 aliphatic carbocycles. The van der Waals surface area contributed by atoms with Gasteiger partial charge in [-0.1, -0.05) is 35.9 Å². The standard InChI is InChI=1S/C24H19ClN2O4/c1-14-10-15(2)22(20(25)11-14)31-13-21(28)26-16-6-5-7-17(12-16)27-23(29)18-8-3-4-9-19(18)24(27)30/h3-12H,13H2,1-2H3,(H,26,28). The number of carbonyl (C=O) groups is 3. The largest absolute Gasteiger partial charge is 0.482 e. The summed E-state index contributed by atoms with van der Waals surface area (Å²) in [7, 11) is 0. The topological polar surface area (TPSA) is 75.7 Å². The molecule has 0 saturated heterocycles. The summed E-state index contributed by atoms with van der Waals surface area (Å²) in [4.78, 5) is 38.8. The summed E-state index contributed by atoms with van der Waals surface area (Å²) in [5, 5.41) is 3.16. The fourth-order valence-corrected chi connectivity index (χ4v) is 3.94. The molecule has 0 atom stereocenters. The lowest BCUT2D eigenvalue weighted by Gasteiger charge is -2.16. The van der Waals surface area contributed by atoms with Gasteiger partial charge in [0.05, 0.1) is 21.8 Å². The second kappa shape index (κ2) is 8.24. The highest BCUT2D eigenvalue weighted by Gasteiger charge is 2.36. The number of carbonyl (C=O) groups excluding carboxylic acids is 3. The zero-order valence-electron chi connectivity index (χ0n) is 16.9. The number of halogens is 1. The van der Waals surface area contributed by atoms with Gasteiger partial charge in [-0.05, 0) is 61.4 Å². The van der Waals surface area contributed by atoms with Crippen molar-refractivity contribution in [1.29, 1.82) is 0 Å². The van der Waals surface area contributed by atoms with Gasteiger partial charge in [0.1, 0.15) is 5.75 Å². The lowest BCUT2D eigenvalue weighted by molar-refractivity contribution is -0.118. The molecule has 1 heterocycles. The van der Waals surface area contributed by atoms with E-state index in [-0.39, 0.29) is 6.61 Å². The van der Waals surface area contributed by atoms with Crippen molar-refractivity contribution in [1.82, 2.24) is 0 Å². The Balaban J connectivity index is 1.47. The number of nitrogens with zero attached hydrogens (tertiary/aromatic N) is 1. The van der Waals surface area contributed by atoms with Gasteiger partial charge in [-0.2, -0.15) is 0 Å². The Kier molecular flexibility index (Phi) is 5.48. The Bertz CT molecular complexity index is 1160. The Morgan fingerprint density at radius 2 is 1.65 bits per heavy atom. The van der Waals surface area contributed by atoms with E-state index in [9.17, 15) is 14.4 Å². The van der Waals surface area contributed by atoms with Crippen LogP contribution in [0.3, 0.4) is 0 Å². The SMILES string of the molecule is Cc1cc(C)c(OCC(=O)Nc2cccc(N3C(=O)c4ccccc4C3=O)c2)c(Cl)c1. The van der Waals surface area contributed by atoms with Gasteiger partial charge in [0.25, 0.3) is 17.7 Å². The summed E-state index contributed by atoms with van der Waals surface area (Å²) in [6.07, 6.45) is 0. The summed E-state index contributed by atoms with van der Waals surface area (Å²) in [6, 6.07) is 16.9. The number of rotatable bonds is 5. The molecule has 7 heteroatoms. The third-order valence-electron chi connectivity index (χ3n) is 4.90. The van der Waals surface area contributed by atoms with Gasteiger partial charge >= 0.3 is 0 Å². The maximum absolute atomic E-state index is 12.7. The first-order valence-corrected chi connectivity index (χ1v) is 10.00. The van der Waals surface area contributed by atoms with Crippen molar-refractivity contribution in [2.45, 2.75) is 13.8 Å². The number of amides is 3. The van der Waals surface area contributed by atoms with Gasteiger partial charge in [0, 0.05) is 5.69 Å². The van der Waals surface area contributed by atoms with Gasteiger partial charge in [0.15, 0.2) is 6.61 Å². The maximum atomic E-state index is 12.7. The predicted octanol–water partition coefficient (Wildman–Crippen LogP) is 4.77. The third kappa shape index (κ3) is 4.02. The van der Waals surface area contributed by atoms with Gasteiger partial charge in [-0.25, -0.2) is 4.90 Å². The zero-order chi connectivity index (χ0) is 22.1. The van der Waals surface area contributed by atoms with Crippen molar-refractivity contribution in [3.63, 3.8) is 0 Å². The van der Waals surface area contributed by atoms with Gasteiger partial charge in [0.2, 0.25) is 0 Å². The number of fused-ring (bicyclic) bond motifs is 1. The molecule has 6 nitrogen and oxygen atoms in total. The normalized spacial score (nSPS) is 12.7. The van der Waals surface area contributed by atoms with E-state index in [4.69, 9.17) is 16.3 Å². The van der Waals surface area contributed by atoms with Crippen LogP contribution >= 0.6 is 11.6 Å². The van der Waals surface area contributed by atoms with Crippen LogP contribution in [0.25, 0.3) is 0 Å². The van der Waals surface area contributed by atoms with E-state index in [1.165, 1.54) is 0 Å². The molecule has 3 aromatic carbocycles. The fraction of sp³-hybridized carbons (Fsp3) is 0.125. The van der Waals surface area contributed by atoms with E-state index >= 15 is 0 Å². The van der Waals surface area contributed by atoms with Crippen molar-refractivity contribution in [2.24, 2.45) is 0 Å². The number of anilines is 2. The highest BCUT2D eigenvalue weighted by molar-refractivity contribution is 6.34.